The highest BCUT2D eigenvalue weighted by atomic mass is 16.5. The topological polar surface area (TPSA) is 94.7 Å². The first-order chi connectivity index (χ1) is 13.3. The minimum atomic E-state index is -0.578. The van der Waals surface area contributed by atoms with Crippen molar-refractivity contribution in [2.75, 3.05) is 19.8 Å². The third-order valence-electron chi connectivity index (χ3n) is 4.09. The standard InChI is InChI=1S/C21H25NO6/c1-5-26-21(25)20-15(4)22-14(3)19(20)17(23)12-28-18(24)10-11-27-16-8-6-13(2)7-9-16/h6-9,22H,5,10-12H2,1-4H3. The number of esters is 2. The van der Waals surface area contributed by atoms with Crippen molar-refractivity contribution in [2.24, 2.45) is 0 Å². The van der Waals surface area contributed by atoms with E-state index in [1.807, 2.05) is 31.2 Å². The molecule has 0 saturated carbocycles. The van der Waals surface area contributed by atoms with Gasteiger partial charge in [0, 0.05) is 11.4 Å². The summed E-state index contributed by atoms with van der Waals surface area (Å²) >= 11 is 0. The fourth-order valence-corrected chi connectivity index (χ4v) is 2.77. The summed E-state index contributed by atoms with van der Waals surface area (Å²) in [5.41, 5.74) is 2.56. The van der Waals surface area contributed by atoms with Crippen LogP contribution >= 0.6 is 0 Å². The highest BCUT2D eigenvalue weighted by Crippen LogP contribution is 2.20. The van der Waals surface area contributed by atoms with Crippen molar-refractivity contribution in [1.29, 1.82) is 0 Å². The summed E-state index contributed by atoms with van der Waals surface area (Å²) in [7, 11) is 0. The van der Waals surface area contributed by atoms with Gasteiger partial charge in [-0.2, -0.15) is 0 Å². The number of rotatable bonds is 9. The second-order valence-electron chi connectivity index (χ2n) is 6.34. The van der Waals surface area contributed by atoms with Gasteiger partial charge in [-0.15, -0.1) is 0 Å². The smallest absolute Gasteiger partial charge is 0.340 e. The first-order valence-electron chi connectivity index (χ1n) is 9.08. The van der Waals surface area contributed by atoms with Crippen molar-refractivity contribution in [1.82, 2.24) is 4.98 Å². The lowest BCUT2D eigenvalue weighted by Gasteiger charge is -2.08. The molecule has 1 aromatic heterocycles. The molecule has 0 aliphatic rings. The molecule has 0 saturated heterocycles. The highest BCUT2D eigenvalue weighted by molar-refractivity contribution is 6.09. The zero-order chi connectivity index (χ0) is 20.7. The largest absolute Gasteiger partial charge is 0.493 e. The molecule has 7 heteroatoms. The first kappa shape index (κ1) is 21.2. The average molecular weight is 387 g/mol. The number of benzene rings is 1. The van der Waals surface area contributed by atoms with Crippen molar-refractivity contribution >= 4 is 17.7 Å². The molecule has 1 heterocycles. The number of aromatic nitrogens is 1. The molecule has 150 valence electrons. The molecular weight excluding hydrogens is 362 g/mol. The molecule has 28 heavy (non-hydrogen) atoms. The van der Waals surface area contributed by atoms with E-state index in [0.717, 1.165) is 5.56 Å². The molecule has 1 N–H and O–H groups in total. The number of ketones is 1. The summed E-state index contributed by atoms with van der Waals surface area (Å²) in [5, 5.41) is 0. The van der Waals surface area contributed by atoms with E-state index in [9.17, 15) is 14.4 Å². The Hall–Kier alpha value is -3.09. The molecule has 0 amide bonds. The Kier molecular flexibility index (Phi) is 7.37. The Balaban J connectivity index is 1.88. The molecule has 2 aromatic rings. The molecular formula is C21H25NO6. The van der Waals surface area contributed by atoms with Crippen LogP contribution in [0, 0.1) is 20.8 Å². The van der Waals surface area contributed by atoms with Crippen LogP contribution in [-0.4, -0.2) is 42.5 Å². The van der Waals surface area contributed by atoms with Gasteiger partial charge in [0.1, 0.15) is 5.75 Å². The molecule has 0 aliphatic heterocycles. The van der Waals surface area contributed by atoms with Crippen LogP contribution in [0.3, 0.4) is 0 Å². The zero-order valence-corrected chi connectivity index (χ0v) is 16.6. The van der Waals surface area contributed by atoms with Gasteiger partial charge in [0.05, 0.1) is 30.8 Å². The average Bonchev–Trinajstić information content (AvgIpc) is 2.95. The number of nitrogens with one attached hydrogen (secondary N) is 1. The molecule has 0 aliphatic carbocycles. The molecule has 0 atom stereocenters. The summed E-state index contributed by atoms with van der Waals surface area (Å²) in [5.74, 6) is -0.932. The van der Waals surface area contributed by atoms with Crippen LogP contribution in [0.4, 0.5) is 0 Å². The van der Waals surface area contributed by atoms with Crippen molar-refractivity contribution in [3.8, 4) is 5.75 Å². The molecule has 7 nitrogen and oxygen atoms in total. The molecule has 0 unspecified atom stereocenters. The number of hydrogen-bond donors (Lipinski definition) is 1. The number of carbonyl (C=O) groups is 3. The van der Waals surface area contributed by atoms with Gasteiger partial charge < -0.3 is 19.2 Å². The second-order valence-corrected chi connectivity index (χ2v) is 6.34. The summed E-state index contributed by atoms with van der Waals surface area (Å²) < 4.78 is 15.5. The van der Waals surface area contributed by atoms with Gasteiger partial charge in [0.2, 0.25) is 5.78 Å². The predicted molar refractivity (Wildman–Crippen MR) is 103 cm³/mol. The minimum Gasteiger partial charge on any atom is -0.493 e. The summed E-state index contributed by atoms with van der Waals surface area (Å²) in [4.78, 5) is 39.5. The highest BCUT2D eigenvalue weighted by Gasteiger charge is 2.25. The van der Waals surface area contributed by atoms with Crippen LogP contribution in [0.5, 0.6) is 5.75 Å². The monoisotopic (exact) mass is 387 g/mol. The predicted octanol–water partition coefficient (Wildman–Crippen LogP) is 3.31. The van der Waals surface area contributed by atoms with Crippen molar-refractivity contribution in [2.45, 2.75) is 34.1 Å². The maximum atomic E-state index is 12.5. The van der Waals surface area contributed by atoms with Crippen LogP contribution in [0.25, 0.3) is 0 Å². The van der Waals surface area contributed by atoms with E-state index in [0.29, 0.717) is 17.1 Å². The molecule has 1 aromatic carbocycles. The number of carbonyl (C=O) groups excluding carboxylic acids is 3. The van der Waals surface area contributed by atoms with Gasteiger partial charge in [0.25, 0.3) is 0 Å². The maximum absolute atomic E-state index is 12.5. The first-order valence-corrected chi connectivity index (χ1v) is 9.08. The Morgan fingerprint density at radius 3 is 2.21 bits per heavy atom. The number of hydrogen-bond acceptors (Lipinski definition) is 6. The lowest BCUT2D eigenvalue weighted by Crippen LogP contribution is -2.19. The van der Waals surface area contributed by atoms with Crippen LogP contribution in [0.2, 0.25) is 0 Å². The maximum Gasteiger partial charge on any atom is 0.340 e. The van der Waals surface area contributed by atoms with Gasteiger partial charge in [-0.05, 0) is 39.8 Å². The number of aryl methyl sites for hydroxylation is 3. The zero-order valence-electron chi connectivity index (χ0n) is 16.6. The quantitative estimate of drug-likeness (QED) is 0.524. The Bertz CT molecular complexity index is 851. The van der Waals surface area contributed by atoms with E-state index in [1.54, 1.807) is 20.8 Å². The summed E-state index contributed by atoms with van der Waals surface area (Å²) in [6.07, 6.45) is 0.0109. The van der Waals surface area contributed by atoms with Crippen LogP contribution in [0.15, 0.2) is 24.3 Å². The number of H-pyrrole nitrogens is 1. The van der Waals surface area contributed by atoms with E-state index in [-0.39, 0.29) is 30.8 Å². The molecule has 2 rings (SSSR count). The van der Waals surface area contributed by atoms with Crippen molar-refractivity contribution in [3.63, 3.8) is 0 Å². The van der Waals surface area contributed by atoms with Gasteiger partial charge in [-0.25, -0.2) is 4.79 Å². The molecule has 0 radical (unpaired) electrons. The second kappa shape index (κ2) is 9.73. The van der Waals surface area contributed by atoms with E-state index < -0.39 is 24.3 Å². The summed E-state index contributed by atoms with van der Waals surface area (Å²) in [6.45, 7) is 6.92. The lowest BCUT2D eigenvalue weighted by molar-refractivity contribution is -0.143. The third kappa shape index (κ3) is 5.45. The van der Waals surface area contributed by atoms with Crippen LogP contribution in [0.1, 0.15) is 51.0 Å². The van der Waals surface area contributed by atoms with Crippen molar-refractivity contribution < 1.29 is 28.6 Å². The Morgan fingerprint density at radius 1 is 0.929 bits per heavy atom. The number of aromatic amines is 1. The van der Waals surface area contributed by atoms with E-state index in [2.05, 4.69) is 4.98 Å². The van der Waals surface area contributed by atoms with Gasteiger partial charge in [-0.3, -0.25) is 9.59 Å². The minimum absolute atomic E-state index is 0.0109. The summed E-state index contributed by atoms with van der Waals surface area (Å²) in [6, 6.07) is 7.46. The van der Waals surface area contributed by atoms with Crippen molar-refractivity contribution in [3.05, 3.63) is 52.3 Å². The van der Waals surface area contributed by atoms with Gasteiger partial charge in [-0.1, -0.05) is 17.7 Å². The van der Waals surface area contributed by atoms with Gasteiger partial charge >= 0.3 is 11.9 Å². The normalized spacial score (nSPS) is 10.4. The van der Waals surface area contributed by atoms with Gasteiger partial charge in [0.15, 0.2) is 6.61 Å². The Labute approximate surface area is 164 Å². The van der Waals surface area contributed by atoms with E-state index in [4.69, 9.17) is 14.2 Å². The molecule has 0 spiro atoms. The number of Topliss-reactive ketones (excluding diaryl/α,β-unsaturated/α-hetero) is 1. The Morgan fingerprint density at radius 2 is 1.57 bits per heavy atom. The fraction of sp³-hybridized carbons (Fsp3) is 0.381. The van der Waals surface area contributed by atoms with Crippen LogP contribution < -0.4 is 4.74 Å². The third-order valence-corrected chi connectivity index (χ3v) is 4.09. The molecule has 0 bridgehead atoms. The molecule has 0 fully saturated rings. The van der Waals surface area contributed by atoms with E-state index >= 15 is 0 Å². The number of ether oxygens (including phenoxy) is 3. The van der Waals surface area contributed by atoms with Crippen LogP contribution in [-0.2, 0) is 14.3 Å². The lowest BCUT2D eigenvalue weighted by atomic mass is 10.1. The SMILES string of the molecule is CCOC(=O)c1c(C)[nH]c(C)c1C(=O)COC(=O)CCOc1ccc(C)cc1. The van der Waals surface area contributed by atoms with E-state index in [1.165, 1.54) is 0 Å². The fourth-order valence-electron chi connectivity index (χ4n) is 2.77.